The summed E-state index contributed by atoms with van der Waals surface area (Å²) in [6, 6.07) is 2.40. The van der Waals surface area contributed by atoms with Gasteiger partial charge in [-0.15, -0.1) is 5.10 Å². The summed E-state index contributed by atoms with van der Waals surface area (Å²) in [5.74, 6) is 0.948. The lowest BCUT2D eigenvalue weighted by molar-refractivity contribution is -0.132. The van der Waals surface area contributed by atoms with E-state index in [2.05, 4.69) is 36.0 Å². The summed E-state index contributed by atoms with van der Waals surface area (Å²) in [5, 5.41) is 5.28. The molecular weight excluding hydrogens is 318 g/mol. The molecule has 0 N–H and O–H groups in total. The van der Waals surface area contributed by atoms with Gasteiger partial charge in [-0.05, 0) is 45.5 Å². The highest BCUT2D eigenvalue weighted by Gasteiger charge is 2.33. The molecule has 2 aromatic rings. The average Bonchev–Trinajstić information content (AvgIpc) is 3.06. The van der Waals surface area contributed by atoms with Crippen LogP contribution in [0.15, 0.2) is 6.07 Å². The van der Waals surface area contributed by atoms with Gasteiger partial charge >= 0.3 is 0 Å². The molecule has 0 aliphatic carbocycles. The Bertz CT molecular complexity index is 798. The standard InChI is InChI=1S/C18H27N5O2/c1-11-7-13(3)19-17-16(11)18(20-22(17)6)25-10-15(24)23-8-12(2)14(9-23)21(4)5/h7,12,14H,8-10H2,1-6H3. The van der Waals surface area contributed by atoms with Gasteiger partial charge in [-0.2, -0.15) is 0 Å². The van der Waals surface area contributed by atoms with Crippen LogP contribution in [0.25, 0.3) is 11.0 Å². The van der Waals surface area contributed by atoms with Crippen molar-refractivity contribution in [3.8, 4) is 5.88 Å². The zero-order valence-electron chi connectivity index (χ0n) is 15.9. The Morgan fingerprint density at radius 2 is 2.08 bits per heavy atom. The summed E-state index contributed by atoms with van der Waals surface area (Å²) in [7, 11) is 5.96. The fourth-order valence-corrected chi connectivity index (χ4v) is 3.70. The highest BCUT2D eigenvalue weighted by Crippen LogP contribution is 2.27. The van der Waals surface area contributed by atoms with Crippen molar-refractivity contribution in [1.82, 2.24) is 24.6 Å². The van der Waals surface area contributed by atoms with Crippen LogP contribution in [0.2, 0.25) is 0 Å². The molecule has 25 heavy (non-hydrogen) atoms. The van der Waals surface area contributed by atoms with Crippen LogP contribution in [-0.4, -0.2) is 70.3 Å². The van der Waals surface area contributed by atoms with E-state index in [9.17, 15) is 4.79 Å². The van der Waals surface area contributed by atoms with Crippen LogP contribution in [0.4, 0.5) is 0 Å². The number of likely N-dealkylation sites (tertiary alicyclic amines) is 1. The summed E-state index contributed by atoms with van der Waals surface area (Å²) in [6.45, 7) is 7.68. The molecule has 2 unspecified atom stereocenters. The van der Waals surface area contributed by atoms with E-state index in [1.54, 1.807) is 4.68 Å². The number of hydrogen-bond acceptors (Lipinski definition) is 5. The summed E-state index contributed by atoms with van der Waals surface area (Å²) in [6.07, 6.45) is 0. The van der Waals surface area contributed by atoms with Crippen molar-refractivity contribution < 1.29 is 9.53 Å². The molecule has 1 aliphatic rings. The van der Waals surface area contributed by atoms with Crippen molar-refractivity contribution in [2.24, 2.45) is 13.0 Å². The van der Waals surface area contributed by atoms with E-state index in [4.69, 9.17) is 4.74 Å². The van der Waals surface area contributed by atoms with Gasteiger partial charge in [-0.3, -0.25) is 4.79 Å². The lowest BCUT2D eigenvalue weighted by Gasteiger charge is -2.22. The smallest absolute Gasteiger partial charge is 0.260 e. The third kappa shape index (κ3) is 3.33. The van der Waals surface area contributed by atoms with Gasteiger partial charge in [0.25, 0.3) is 5.91 Å². The van der Waals surface area contributed by atoms with Crippen LogP contribution in [0.5, 0.6) is 5.88 Å². The Hall–Kier alpha value is -2.15. The number of rotatable bonds is 4. The average molecular weight is 345 g/mol. The number of hydrogen-bond donors (Lipinski definition) is 0. The molecule has 1 saturated heterocycles. The Balaban J connectivity index is 1.72. The number of pyridine rings is 1. The molecule has 1 amide bonds. The van der Waals surface area contributed by atoms with Gasteiger partial charge in [0.1, 0.15) is 0 Å². The van der Waals surface area contributed by atoms with Crippen LogP contribution in [0.3, 0.4) is 0 Å². The van der Waals surface area contributed by atoms with E-state index < -0.39 is 0 Å². The number of likely N-dealkylation sites (N-methyl/N-ethyl adjacent to an activating group) is 1. The number of amides is 1. The van der Waals surface area contributed by atoms with E-state index in [1.165, 1.54) is 0 Å². The van der Waals surface area contributed by atoms with Gasteiger partial charge in [0, 0.05) is 31.9 Å². The number of ether oxygens (including phenoxy) is 1. The second-order valence-corrected chi connectivity index (χ2v) is 7.30. The quantitative estimate of drug-likeness (QED) is 0.837. The molecule has 0 saturated carbocycles. The number of carbonyl (C=O) groups excluding carboxylic acids is 1. The highest BCUT2D eigenvalue weighted by atomic mass is 16.5. The Kier molecular flexibility index (Phi) is 4.69. The van der Waals surface area contributed by atoms with Crippen molar-refractivity contribution >= 4 is 16.9 Å². The maximum Gasteiger partial charge on any atom is 0.260 e. The Morgan fingerprint density at radius 3 is 2.72 bits per heavy atom. The summed E-state index contributed by atoms with van der Waals surface area (Å²) >= 11 is 0. The van der Waals surface area contributed by atoms with Gasteiger partial charge in [0.15, 0.2) is 12.3 Å². The third-order valence-corrected chi connectivity index (χ3v) is 5.01. The van der Waals surface area contributed by atoms with E-state index in [-0.39, 0.29) is 12.5 Å². The number of aryl methyl sites for hydroxylation is 3. The molecule has 2 aromatic heterocycles. The van der Waals surface area contributed by atoms with Crippen molar-refractivity contribution in [2.75, 3.05) is 33.8 Å². The fourth-order valence-electron chi connectivity index (χ4n) is 3.70. The molecule has 0 spiro atoms. The minimum atomic E-state index is 0.00625. The molecule has 1 aliphatic heterocycles. The molecule has 0 aromatic carbocycles. The number of nitrogens with zero attached hydrogens (tertiary/aromatic N) is 5. The molecule has 3 rings (SSSR count). The summed E-state index contributed by atoms with van der Waals surface area (Å²) in [5.41, 5.74) is 2.78. The normalized spacial score (nSPS) is 20.7. The molecule has 7 heteroatoms. The van der Waals surface area contributed by atoms with Crippen LogP contribution in [0.1, 0.15) is 18.2 Å². The zero-order valence-corrected chi connectivity index (χ0v) is 15.9. The minimum Gasteiger partial charge on any atom is -0.466 e. The lowest BCUT2D eigenvalue weighted by atomic mass is 10.1. The molecule has 0 radical (unpaired) electrons. The highest BCUT2D eigenvalue weighted by molar-refractivity contribution is 5.85. The van der Waals surface area contributed by atoms with Crippen molar-refractivity contribution in [1.29, 1.82) is 0 Å². The first-order valence-electron chi connectivity index (χ1n) is 8.66. The van der Waals surface area contributed by atoms with Gasteiger partial charge < -0.3 is 14.5 Å². The maximum atomic E-state index is 12.5. The lowest BCUT2D eigenvalue weighted by Crippen LogP contribution is -2.37. The molecule has 136 valence electrons. The SMILES string of the molecule is Cc1cc(C)c2c(OCC(=O)N3CC(C)C(N(C)C)C3)nn(C)c2n1. The Labute approximate surface area is 148 Å². The second-order valence-electron chi connectivity index (χ2n) is 7.30. The first kappa shape index (κ1) is 17.7. The third-order valence-electron chi connectivity index (χ3n) is 5.01. The molecule has 3 heterocycles. The van der Waals surface area contributed by atoms with Crippen LogP contribution < -0.4 is 4.74 Å². The molecule has 2 atom stereocenters. The van der Waals surface area contributed by atoms with Crippen LogP contribution >= 0.6 is 0 Å². The number of aromatic nitrogens is 3. The van der Waals surface area contributed by atoms with Crippen molar-refractivity contribution in [3.63, 3.8) is 0 Å². The predicted molar refractivity (Wildman–Crippen MR) is 96.7 cm³/mol. The first-order chi connectivity index (χ1) is 11.8. The monoisotopic (exact) mass is 345 g/mol. The van der Waals surface area contributed by atoms with E-state index in [0.717, 1.165) is 35.4 Å². The topological polar surface area (TPSA) is 63.5 Å². The van der Waals surface area contributed by atoms with Crippen LogP contribution in [0, 0.1) is 19.8 Å². The first-order valence-corrected chi connectivity index (χ1v) is 8.66. The zero-order chi connectivity index (χ0) is 18.3. The van der Waals surface area contributed by atoms with Gasteiger partial charge in [0.2, 0.25) is 5.88 Å². The molecule has 1 fully saturated rings. The van der Waals surface area contributed by atoms with E-state index in [0.29, 0.717) is 17.8 Å². The van der Waals surface area contributed by atoms with Crippen molar-refractivity contribution in [2.45, 2.75) is 26.8 Å². The largest absolute Gasteiger partial charge is 0.466 e. The predicted octanol–water partition coefficient (Wildman–Crippen LogP) is 1.37. The summed E-state index contributed by atoms with van der Waals surface area (Å²) < 4.78 is 7.49. The minimum absolute atomic E-state index is 0.00625. The van der Waals surface area contributed by atoms with Gasteiger partial charge in [-0.25, -0.2) is 9.67 Å². The van der Waals surface area contributed by atoms with Crippen molar-refractivity contribution in [3.05, 3.63) is 17.3 Å². The fraction of sp³-hybridized carbons (Fsp3) is 0.611. The Morgan fingerprint density at radius 1 is 1.36 bits per heavy atom. The molecular formula is C18H27N5O2. The van der Waals surface area contributed by atoms with E-state index in [1.807, 2.05) is 31.9 Å². The number of fused-ring (bicyclic) bond motifs is 1. The van der Waals surface area contributed by atoms with Crippen LogP contribution in [-0.2, 0) is 11.8 Å². The van der Waals surface area contributed by atoms with Gasteiger partial charge in [0.05, 0.1) is 5.39 Å². The van der Waals surface area contributed by atoms with E-state index >= 15 is 0 Å². The maximum absolute atomic E-state index is 12.5. The van der Waals surface area contributed by atoms with Gasteiger partial charge in [-0.1, -0.05) is 6.92 Å². The molecule has 7 nitrogen and oxygen atoms in total. The number of carbonyl (C=O) groups is 1. The molecule has 0 bridgehead atoms. The summed E-state index contributed by atoms with van der Waals surface area (Å²) in [4.78, 5) is 21.1. The second kappa shape index (κ2) is 6.63.